The lowest BCUT2D eigenvalue weighted by Crippen LogP contribution is -2.44. The summed E-state index contributed by atoms with van der Waals surface area (Å²) in [6.45, 7) is 2.16. The Morgan fingerprint density at radius 2 is 1.85 bits per heavy atom. The van der Waals surface area contributed by atoms with Gasteiger partial charge in [-0.2, -0.15) is 4.98 Å². The molecule has 1 atom stereocenters. The molecule has 1 aliphatic heterocycles. The van der Waals surface area contributed by atoms with E-state index in [9.17, 15) is 9.59 Å². The van der Waals surface area contributed by atoms with Crippen LogP contribution in [-0.4, -0.2) is 59.5 Å². The molecule has 13 heteroatoms. The van der Waals surface area contributed by atoms with Crippen LogP contribution >= 0.6 is 23.2 Å². The van der Waals surface area contributed by atoms with Gasteiger partial charge in [-0.1, -0.05) is 41.4 Å². The number of halogens is 2. The van der Waals surface area contributed by atoms with Crippen LogP contribution in [0, 0.1) is 0 Å². The molecule has 1 aromatic heterocycles. The standard InChI is InChI=1S/C26H31Cl2N7O4/c1-38-19-7-4-17(5-8-19)15-34-24(31-11-10-30-23(29)32-14-20-3-2-12-39-20)33-25(36)35(26(34)37)16-18-6-9-21(27)22(28)13-18/h4-9,13,20H,2-3,10-12,14-16H2,1H3,(H3,29,30,32)(H,31,33,36). The molecule has 1 unspecified atom stereocenters. The van der Waals surface area contributed by atoms with Crippen molar-refractivity contribution in [3.05, 3.63) is 84.6 Å². The zero-order chi connectivity index (χ0) is 27.8. The summed E-state index contributed by atoms with van der Waals surface area (Å²) < 4.78 is 13.2. The predicted molar refractivity (Wildman–Crippen MR) is 152 cm³/mol. The lowest BCUT2D eigenvalue weighted by molar-refractivity contribution is 0.118. The second kappa shape index (κ2) is 13.5. The maximum Gasteiger partial charge on any atom is 0.355 e. The van der Waals surface area contributed by atoms with Crippen molar-refractivity contribution in [3.8, 4) is 5.75 Å². The number of guanidine groups is 1. The second-order valence-electron chi connectivity index (χ2n) is 8.98. The number of nitrogens with zero attached hydrogens (tertiary/aromatic N) is 4. The van der Waals surface area contributed by atoms with Crippen molar-refractivity contribution in [1.82, 2.24) is 19.4 Å². The highest BCUT2D eigenvalue weighted by Crippen LogP contribution is 2.22. The van der Waals surface area contributed by atoms with Gasteiger partial charge in [-0.05, 0) is 48.2 Å². The van der Waals surface area contributed by atoms with Crippen LogP contribution in [0.25, 0.3) is 0 Å². The first-order valence-electron chi connectivity index (χ1n) is 12.5. The highest BCUT2D eigenvalue weighted by molar-refractivity contribution is 6.42. The molecule has 11 nitrogen and oxygen atoms in total. The molecular formula is C26H31Cl2N7O4. The molecular weight excluding hydrogens is 545 g/mol. The summed E-state index contributed by atoms with van der Waals surface area (Å²) in [6.07, 6.45) is 2.12. The molecule has 2 heterocycles. The number of ether oxygens (including phenoxy) is 2. The predicted octanol–water partition coefficient (Wildman–Crippen LogP) is 2.31. The fourth-order valence-electron chi connectivity index (χ4n) is 4.09. The lowest BCUT2D eigenvalue weighted by Gasteiger charge is -2.16. The van der Waals surface area contributed by atoms with Gasteiger partial charge in [0, 0.05) is 19.7 Å². The Bertz CT molecular complexity index is 1420. The van der Waals surface area contributed by atoms with Gasteiger partial charge in [0.25, 0.3) is 0 Å². The first kappa shape index (κ1) is 28.5. The third-order valence-corrected chi connectivity index (χ3v) is 6.92. The van der Waals surface area contributed by atoms with Gasteiger partial charge in [-0.25, -0.2) is 14.2 Å². The average Bonchev–Trinajstić information content (AvgIpc) is 3.46. The first-order chi connectivity index (χ1) is 18.8. The van der Waals surface area contributed by atoms with Gasteiger partial charge >= 0.3 is 11.4 Å². The average molecular weight is 576 g/mol. The van der Waals surface area contributed by atoms with E-state index < -0.39 is 11.4 Å². The first-order valence-corrected chi connectivity index (χ1v) is 13.3. The molecule has 0 radical (unpaired) electrons. The molecule has 0 spiro atoms. The molecule has 0 bridgehead atoms. The van der Waals surface area contributed by atoms with Crippen LogP contribution in [0.5, 0.6) is 5.75 Å². The van der Waals surface area contributed by atoms with Crippen molar-refractivity contribution in [1.29, 1.82) is 0 Å². The Kier molecular flexibility index (Phi) is 9.85. The molecule has 208 valence electrons. The van der Waals surface area contributed by atoms with Crippen molar-refractivity contribution in [3.63, 3.8) is 0 Å². The van der Waals surface area contributed by atoms with Crippen molar-refractivity contribution in [2.75, 3.05) is 38.7 Å². The molecule has 39 heavy (non-hydrogen) atoms. The van der Waals surface area contributed by atoms with E-state index in [1.54, 1.807) is 37.4 Å². The maximum absolute atomic E-state index is 13.5. The van der Waals surface area contributed by atoms with Crippen LogP contribution in [0.15, 0.2) is 57.0 Å². The van der Waals surface area contributed by atoms with E-state index in [2.05, 4.69) is 20.6 Å². The molecule has 1 aliphatic rings. The highest BCUT2D eigenvalue weighted by Gasteiger charge is 2.16. The Labute approximate surface area is 235 Å². The number of anilines is 1. The molecule has 2 aromatic carbocycles. The monoisotopic (exact) mass is 575 g/mol. The quantitative estimate of drug-likeness (QED) is 0.180. The normalized spacial score (nSPS) is 15.4. The number of benzene rings is 2. The van der Waals surface area contributed by atoms with Crippen LogP contribution < -0.4 is 32.5 Å². The lowest BCUT2D eigenvalue weighted by atomic mass is 10.2. The minimum atomic E-state index is -0.690. The van der Waals surface area contributed by atoms with Gasteiger partial charge in [0.05, 0.1) is 42.9 Å². The van der Waals surface area contributed by atoms with Crippen molar-refractivity contribution < 1.29 is 9.47 Å². The number of hydrogen-bond acceptors (Lipinski definition) is 7. The van der Waals surface area contributed by atoms with Crippen LogP contribution in [0.4, 0.5) is 5.95 Å². The van der Waals surface area contributed by atoms with Gasteiger partial charge in [0.1, 0.15) is 5.75 Å². The number of aliphatic imine (C=N–C) groups is 1. The number of nitrogens with two attached hydrogens (primary N) is 1. The fraction of sp³-hybridized carbons (Fsp3) is 0.385. The summed E-state index contributed by atoms with van der Waals surface area (Å²) in [5.74, 6) is 1.13. The Balaban J connectivity index is 1.52. The molecule has 0 aliphatic carbocycles. The molecule has 0 saturated carbocycles. The topological polar surface area (TPSA) is 138 Å². The number of hydrogen-bond donors (Lipinski definition) is 3. The van der Waals surface area contributed by atoms with Gasteiger partial charge in [0.2, 0.25) is 5.95 Å². The van der Waals surface area contributed by atoms with Crippen molar-refractivity contribution in [2.24, 2.45) is 10.7 Å². The largest absolute Gasteiger partial charge is 0.497 e. The zero-order valence-electron chi connectivity index (χ0n) is 21.5. The van der Waals surface area contributed by atoms with E-state index in [0.717, 1.165) is 29.6 Å². The van der Waals surface area contributed by atoms with Crippen LogP contribution in [-0.2, 0) is 17.8 Å². The smallest absolute Gasteiger partial charge is 0.355 e. The van der Waals surface area contributed by atoms with E-state index in [-0.39, 0.29) is 25.1 Å². The van der Waals surface area contributed by atoms with Gasteiger partial charge < -0.3 is 25.8 Å². The molecule has 3 aromatic rings. The highest BCUT2D eigenvalue weighted by atomic mass is 35.5. The minimum Gasteiger partial charge on any atom is -0.497 e. The van der Waals surface area contributed by atoms with Crippen molar-refractivity contribution >= 4 is 35.1 Å². The van der Waals surface area contributed by atoms with Gasteiger partial charge in [-0.3, -0.25) is 9.56 Å². The Morgan fingerprint density at radius 3 is 2.54 bits per heavy atom. The summed E-state index contributed by atoms with van der Waals surface area (Å²) >= 11 is 12.1. The third kappa shape index (κ3) is 7.75. The van der Waals surface area contributed by atoms with E-state index in [1.807, 2.05) is 12.1 Å². The summed E-state index contributed by atoms with van der Waals surface area (Å²) in [5.41, 5.74) is 6.21. The van der Waals surface area contributed by atoms with Crippen LogP contribution in [0.3, 0.4) is 0 Å². The Morgan fingerprint density at radius 1 is 1.10 bits per heavy atom. The molecule has 1 saturated heterocycles. The second-order valence-corrected chi connectivity index (χ2v) is 9.80. The molecule has 4 rings (SSSR count). The van der Waals surface area contributed by atoms with Gasteiger partial charge in [0.15, 0.2) is 5.96 Å². The SMILES string of the molecule is COc1ccc(Cn2c(NCCNC(N)=NCC3CCCO3)nc(=O)n(Cc3ccc(Cl)c(Cl)c3)c2=O)cc1. The molecule has 4 N–H and O–H groups in total. The minimum absolute atomic E-state index is 0.0102. The number of rotatable bonds is 11. The molecule has 0 amide bonds. The van der Waals surface area contributed by atoms with Crippen molar-refractivity contribution in [2.45, 2.75) is 32.0 Å². The summed E-state index contributed by atoms with van der Waals surface area (Å²) in [4.78, 5) is 34.9. The number of methoxy groups -OCH3 is 1. The van der Waals surface area contributed by atoms with E-state index >= 15 is 0 Å². The Hall–Kier alpha value is -3.54. The number of aromatic nitrogens is 3. The van der Waals surface area contributed by atoms with E-state index in [4.69, 9.17) is 38.4 Å². The maximum atomic E-state index is 13.5. The van der Waals surface area contributed by atoms with Gasteiger partial charge in [-0.15, -0.1) is 0 Å². The number of nitrogens with one attached hydrogen (secondary N) is 2. The zero-order valence-corrected chi connectivity index (χ0v) is 23.0. The third-order valence-electron chi connectivity index (χ3n) is 6.18. The van der Waals surface area contributed by atoms with E-state index in [0.29, 0.717) is 47.0 Å². The fourth-order valence-corrected chi connectivity index (χ4v) is 4.41. The molecule has 1 fully saturated rings. The van der Waals surface area contributed by atoms with E-state index in [1.165, 1.54) is 4.57 Å². The summed E-state index contributed by atoms with van der Waals surface area (Å²) in [5, 5.41) is 6.81. The summed E-state index contributed by atoms with van der Waals surface area (Å²) in [6, 6.07) is 12.2. The summed E-state index contributed by atoms with van der Waals surface area (Å²) in [7, 11) is 1.58. The van der Waals surface area contributed by atoms with Crippen LogP contribution in [0.2, 0.25) is 10.0 Å². The van der Waals surface area contributed by atoms with Crippen LogP contribution in [0.1, 0.15) is 24.0 Å².